The Balaban J connectivity index is 1.68. The quantitative estimate of drug-likeness (QED) is 0.491. The van der Waals surface area contributed by atoms with E-state index in [9.17, 15) is 4.79 Å². The van der Waals surface area contributed by atoms with Crippen LogP contribution in [0.3, 0.4) is 0 Å². The second kappa shape index (κ2) is 6.72. The summed E-state index contributed by atoms with van der Waals surface area (Å²) in [4.78, 5) is 19.2. The molecule has 4 rings (SSSR count). The Morgan fingerprint density at radius 3 is 2.33 bits per heavy atom. The van der Waals surface area contributed by atoms with Crippen LogP contribution in [-0.4, -0.2) is 21.0 Å². The SMILES string of the molecule is CC(C)c1ccc2ccc(-c3ccc(-c4ccc(C(=O)O)cc4)[nH]3)nc2c1. The van der Waals surface area contributed by atoms with Gasteiger partial charge in [-0.15, -0.1) is 0 Å². The lowest BCUT2D eigenvalue weighted by atomic mass is 10.0. The Bertz CT molecular complexity index is 1120. The summed E-state index contributed by atoms with van der Waals surface area (Å²) in [5.41, 5.74) is 6.23. The van der Waals surface area contributed by atoms with E-state index in [2.05, 4.69) is 43.1 Å². The van der Waals surface area contributed by atoms with Crippen LogP contribution < -0.4 is 0 Å². The van der Waals surface area contributed by atoms with Crippen molar-refractivity contribution in [3.05, 3.63) is 77.9 Å². The predicted octanol–water partition coefficient (Wildman–Crippen LogP) is 5.72. The highest BCUT2D eigenvalue weighted by Gasteiger charge is 2.08. The van der Waals surface area contributed by atoms with Crippen LogP contribution in [0.2, 0.25) is 0 Å². The number of nitrogens with one attached hydrogen (secondary N) is 1. The van der Waals surface area contributed by atoms with Gasteiger partial charge in [-0.3, -0.25) is 0 Å². The summed E-state index contributed by atoms with van der Waals surface area (Å²) in [5.74, 6) is -0.458. The van der Waals surface area contributed by atoms with Gasteiger partial charge in [0.05, 0.1) is 22.5 Å². The van der Waals surface area contributed by atoms with Crippen molar-refractivity contribution in [2.24, 2.45) is 0 Å². The van der Waals surface area contributed by atoms with E-state index in [0.29, 0.717) is 5.92 Å². The number of aromatic carboxylic acids is 1. The Labute approximate surface area is 157 Å². The van der Waals surface area contributed by atoms with Gasteiger partial charge in [0.1, 0.15) is 0 Å². The summed E-state index contributed by atoms with van der Waals surface area (Å²) in [6.07, 6.45) is 0. The van der Waals surface area contributed by atoms with Crippen molar-refractivity contribution in [1.29, 1.82) is 0 Å². The first-order valence-electron chi connectivity index (χ1n) is 8.95. The van der Waals surface area contributed by atoms with Gasteiger partial charge in [-0.05, 0) is 53.4 Å². The summed E-state index contributed by atoms with van der Waals surface area (Å²) < 4.78 is 0. The fourth-order valence-corrected chi connectivity index (χ4v) is 3.15. The number of carboxylic acid groups (broad SMARTS) is 1. The van der Waals surface area contributed by atoms with Crippen LogP contribution in [0.4, 0.5) is 0 Å². The zero-order valence-electron chi connectivity index (χ0n) is 15.2. The van der Waals surface area contributed by atoms with Gasteiger partial charge in [-0.2, -0.15) is 0 Å². The first-order chi connectivity index (χ1) is 13.0. The molecule has 0 aliphatic rings. The number of nitrogens with zero attached hydrogens (tertiary/aromatic N) is 1. The fraction of sp³-hybridized carbons (Fsp3) is 0.130. The summed E-state index contributed by atoms with van der Waals surface area (Å²) in [5, 5.41) is 10.1. The lowest BCUT2D eigenvalue weighted by molar-refractivity contribution is 0.0697. The largest absolute Gasteiger partial charge is 0.478 e. The number of carboxylic acids is 1. The molecule has 4 heteroatoms. The number of hydrogen-bond donors (Lipinski definition) is 2. The number of pyridine rings is 1. The molecule has 4 aromatic rings. The Morgan fingerprint density at radius 2 is 1.63 bits per heavy atom. The van der Waals surface area contributed by atoms with E-state index in [0.717, 1.165) is 33.5 Å². The molecule has 134 valence electrons. The predicted molar refractivity (Wildman–Crippen MR) is 108 cm³/mol. The second-order valence-corrected chi connectivity index (χ2v) is 6.97. The van der Waals surface area contributed by atoms with Crippen molar-refractivity contribution >= 4 is 16.9 Å². The van der Waals surface area contributed by atoms with E-state index < -0.39 is 5.97 Å². The highest BCUT2D eigenvalue weighted by molar-refractivity contribution is 5.88. The number of aromatic amines is 1. The summed E-state index contributed by atoms with van der Waals surface area (Å²) in [6.45, 7) is 4.36. The highest BCUT2D eigenvalue weighted by atomic mass is 16.4. The number of aromatic nitrogens is 2. The number of benzene rings is 2. The lowest BCUT2D eigenvalue weighted by Gasteiger charge is -2.07. The molecule has 0 spiro atoms. The average molecular weight is 356 g/mol. The topological polar surface area (TPSA) is 66.0 Å². The molecule has 27 heavy (non-hydrogen) atoms. The number of fused-ring (bicyclic) bond motifs is 1. The molecule has 0 bridgehead atoms. The molecule has 2 aromatic carbocycles. The van der Waals surface area contributed by atoms with Gasteiger partial charge in [-0.1, -0.05) is 44.2 Å². The maximum atomic E-state index is 11.0. The molecule has 0 saturated heterocycles. The Hall–Kier alpha value is -3.40. The second-order valence-electron chi connectivity index (χ2n) is 6.97. The summed E-state index contributed by atoms with van der Waals surface area (Å²) >= 11 is 0. The van der Waals surface area contributed by atoms with Gasteiger partial charge in [-0.25, -0.2) is 9.78 Å². The summed E-state index contributed by atoms with van der Waals surface area (Å²) in [7, 11) is 0. The van der Waals surface area contributed by atoms with E-state index >= 15 is 0 Å². The van der Waals surface area contributed by atoms with E-state index in [1.54, 1.807) is 12.1 Å². The van der Waals surface area contributed by atoms with Crippen molar-refractivity contribution in [2.75, 3.05) is 0 Å². The van der Waals surface area contributed by atoms with Gasteiger partial charge in [0.25, 0.3) is 0 Å². The van der Waals surface area contributed by atoms with E-state index in [-0.39, 0.29) is 5.56 Å². The highest BCUT2D eigenvalue weighted by Crippen LogP contribution is 2.26. The molecule has 0 aliphatic heterocycles. The van der Waals surface area contributed by atoms with E-state index in [4.69, 9.17) is 10.1 Å². The van der Waals surface area contributed by atoms with Crippen LogP contribution in [0.5, 0.6) is 0 Å². The molecule has 2 N–H and O–H groups in total. The smallest absolute Gasteiger partial charge is 0.335 e. The van der Waals surface area contributed by atoms with Crippen LogP contribution >= 0.6 is 0 Å². The van der Waals surface area contributed by atoms with Gasteiger partial charge in [0.15, 0.2) is 0 Å². The standard InChI is InChI=1S/C23H20N2O2/c1-14(2)18-8-5-16-9-10-20(25-22(16)13-18)21-12-11-19(24-21)15-3-6-17(7-4-15)23(26)27/h3-14,24H,1-2H3,(H,26,27). The van der Waals surface area contributed by atoms with E-state index in [1.807, 2.05) is 30.3 Å². The van der Waals surface area contributed by atoms with Gasteiger partial charge < -0.3 is 10.1 Å². The zero-order valence-corrected chi connectivity index (χ0v) is 15.2. The van der Waals surface area contributed by atoms with Crippen LogP contribution in [0.25, 0.3) is 33.5 Å². The van der Waals surface area contributed by atoms with Crippen molar-refractivity contribution in [1.82, 2.24) is 9.97 Å². The molecule has 0 saturated carbocycles. The van der Waals surface area contributed by atoms with Crippen molar-refractivity contribution in [2.45, 2.75) is 19.8 Å². The van der Waals surface area contributed by atoms with E-state index in [1.165, 1.54) is 5.56 Å². The Kier molecular flexibility index (Phi) is 4.24. The van der Waals surface area contributed by atoms with Gasteiger partial charge >= 0.3 is 5.97 Å². The molecule has 0 atom stereocenters. The van der Waals surface area contributed by atoms with Gasteiger partial charge in [0, 0.05) is 11.1 Å². The number of hydrogen-bond acceptors (Lipinski definition) is 2. The third-order valence-electron chi connectivity index (χ3n) is 4.79. The van der Waals surface area contributed by atoms with Crippen LogP contribution in [0.15, 0.2) is 66.7 Å². The van der Waals surface area contributed by atoms with Crippen LogP contribution in [0, 0.1) is 0 Å². The minimum absolute atomic E-state index is 0.280. The monoisotopic (exact) mass is 356 g/mol. The number of carbonyl (C=O) groups is 1. The molecule has 4 nitrogen and oxygen atoms in total. The molecule has 2 heterocycles. The van der Waals surface area contributed by atoms with Crippen molar-refractivity contribution < 1.29 is 9.90 Å². The molecule has 0 unspecified atom stereocenters. The minimum Gasteiger partial charge on any atom is -0.478 e. The Morgan fingerprint density at radius 1 is 0.926 bits per heavy atom. The third kappa shape index (κ3) is 3.34. The zero-order chi connectivity index (χ0) is 19.0. The molecule has 0 radical (unpaired) electrons. The molecular formula is C23H20N2O2. The van der Waals surface area contributed by atoms with Crippen LogP contribution in [-0.2, 0) is 0 Å². The van der Waals surface area contributed by atoms with Gasteiger partial charge in [0.2, 0.25) is 0 Å². The third-order valence-corrected chi connectivity index (χ3v) is 4.79. The molecule has 0 fully saturated rings. The molecule has 2 aromatic heterocycles. The minimum atomic E-state index is -0.921. The first-order valence-corrected chi connectivity index (χ1v) is 8.95. The summed E-state index contributed by atoms with van der Waals surface area (Å²) in [6, 6.07) is 21.3. The molecule has 0 aliphatic carbocycles. The lowest BCUT2D eigenvalue weighted by Crippen LogP contribution is -1.95. The molecular weight excluding hydrogens is 336 g/mol. The first kappa shape index (κ1) is 17.0. The van der Waals surface area contributed by atoms with Crippen molar-refractivity contribution in [3.8, 4) is 22.6 Å². The normalized spacial score (nSPS) is 11.2. The fourth-order valence-electron chi connectivity index (χ4n) is 3.15. The maximum absolute atomic E-state index is 11.0. The maximum Gasteiger partial charge on any atom is 0.335 e. The number of rotatable bonds is 4. The number of H-pyrrole nitrogens is 1. The average Bonchev–Trinajstić information content (AvgIpc) is 3.17. The van der Waals surface area contributed by atoms with Crippen LogP contribution in [0.1, 0.15) is 35.7 Å². The molecule has 0 amide bonds. The van der Waals surface area contributed by atoms with Crippen molar-refractivity contribution in [3.63, 3.8) is 0 Å².